The van der Waals surface area contributed by atoms with Gasteiger partial charge >= 0.3 is 0 Å². The van der Waals surface area contributed by atoms with E-state index in [9.17, 15) is 4.79 Å². The lowest BCUT2D eigenvalue weighted by Gasteiger charge is -2.26. The van der Waals surface area contributed by atoms with Gasteiger partial charge in [0, 0.05) is 55.6 Å². The van der Waals surface area contributed by atoms with Crippen molar-refractivity contribution < 1.29 is 4.79 Å². The number of aromatic nitrogens is 4. The summed E-state index contributed by atoms with van der Waals surface area (Å²) in [7, 11) is 0. The molecular weight excluding hydrogens is 340 g/mol. The molecule has 0 bridgehead atoms. The van der Waals surface area contributed by atoms with Crippen molar-refractivity contribution >= 4 is 5.91 Å². The fourth-order valence-electron chi connectivity index (χ4n) is 4.29. The maximum Gasteiger partial charge on any atom is 0.225 e. The highest BCUT2D eigenvalue weighted by atomic mass is 16.2. The van der Waals surface area contributed by atoms with E-state index < -0.39 is 0 Å². The highest BCUT2D eigenvalue weighted by Gasteiger charge is 2.33. The van der Waals surface area contributed by atoms with Crippen molar-refractivity contribution in [3.8, 4) is 0 Å². The summed E-state index contributed by atoms with van der Waals surface area (Å²) >= 11 is 0. The predicted molar refractivity (Wildman–Crippen MR) is 102 cm³/mol. The minimum atomic E-state index is 0.00494. The van der Waals surface area contributed by atoms with Gasteiger partial charge in [0.2, 0.25) is 5.91 Å². The Morgan fingerprint density at radius 1 is 1.41 bits per heavy atom. The zero-order valence-corrected chi connectivity index (χ0v) is 16.4. The van der Waals surface area contributed by atoms with E-state index in [1.165, 1.54) is 5.56 Å². The molecule has 4 rings (SSSR count). The van der Waals surface area contributed by atoms with E-state index in [0.29, 0.717) is 6.42 Å². The number of carbonyl (C=O) groups excluding carboxylic acids is 1. The van der Waals surface area contributed by atoms with Gasteiger partial charge in [-0.1, -0.05) is 0 Å². The molecule has 0 saturated carbocycles. The van der Waals surface area contributed by atoms with E-state index in [0.717, 1.165) is 61.8 Å². The Hall–Kier alpha value is -2.28. The SMILES string of the molecule is Cc1cc(C)n([C@@H](C)CC(=O)N2CCC[C@@H]2c2ncc3c(n2)CCNC3)n1. The van der Waals surface area contributed by atoms with Gasteiger partial charge in [0.05, 0.1) is 17.8 Å². The summed E-state index contributed by atoms with van der Waals surface area (Å²) in [4.78, 5) is 24.4. The monoisotopic (exact) mass is 368 g/mol. The van der Waals surface area contributed by atoms with Crippen molar-refractivity contribution in [2.75, 3.05) is 13.1 Å². The highest BCUT2D eigenvalue weighted by Crippen LogP contribution is 2.32. The van der Waals surface area contributed by atoms with Gasteiger partial charge in [-0.2, -0.15) is 5.10 Å². The molecule has 2 aliphatic heterocycles. The molecule has 4 heterocycles. The Morgan fingerprint density at radius 2 is 2.26 bits per heavy atom. The Morgan fingerprint density at radius 3 is 3.04 bits per heavy atom. The fourth-order valence-corrected chi connectivity index (χ4v) is 4.29. The summed E-state index contributed by atoms with van der Waals surface area (Å²) in [6.45, 7) is 8.66. The van der Waals surface area contributed by atoms with Crippen molar-refractivity contribution in [3.05, 3.63) is 40.7 Å². The van der Waals surface area contributed by atoms with E-state index in [-0.39, 0.29) is 18.0 Å². The van der Waals surface area contributed by atoms with Crippen molar-refractivity contribution in [2.24, 2.45) is 0 Å². The molecule has 27 heavy (non-hydrogen) atoms. The zero-order valence-electron chi connectivity index (χ0n) is 16.4. The van der Waals surface area contributed by atoms with Crippen LogP contribution < -0.4 is 5.32 Å². The molecule has 1 fully saturated rings. The van der Waals surface area contributed by atoms with Crippen molar-refractivity contribution in [1.29, 1.82) is 0 Å². The molecule has 7 heteroatoms. The summed E-state index contributed by atoms with van der Waals surface area (Å²) in [5.41, 5.74) is 4.40. The number of carbonyl (C=O) groups is 1. The maximum atomic E-state index is 13.0. The lowest BCUT2D eigenvalue weighted by molar-refractivity contribution is -0.133. The summed E-state index contributed by atoms with van der Waals surface area (Å²) < 4.78 is 1.96. The van der Waals surface area contributed by atoms with Crippen LogP contribution in [0.15, 0.2) is 12.3 Å². The first-order valence-corrected chi connectivity index (χ1v) is 9.90. The summed E-state index contributed by atoms with van der Waals surface area (Å²) in [6, 6.07) is 2.10. The van der Waals surface area contributed by atoms with Gasteiger partial charge in [-0.15, -0.1) is 0 Å². The van der Waals surface area contributed by atoms with Gasteiger partial charge < -0.3 is 10.2 Å². The van der Waals surface area contributed by atoms with Crippen LogP contribution in [0, 0.1) is 13.8 Å². The topological polar surface area (TPSA) is 75.9 Å². The number of nitrogens with one attached hydrogen (secondary N) is 1. The molecule has 0 aromatic carbocycles. The number of nitrogens with zero attached hydrogens (tertiary/aromatic N) is 5. The molecule has 0 spiro atoms. The molecule has 1 amide bonds. The largest absolute Gasteiger partial charge is 0.332 e. The smallest absolute Gasteiger partial charge is 0.225 e. The van der Waals surface area contributed by atoms with E-state index in [1.807, 2.05) is 29.6 Å². The number of aryl methyl sites for hydroxylation is 2. The van der Waals surface area contributed by atoms with Gasteiger partial charge in [-0.05, 0) is 39.7 Å². The number of amides is 1. The normalized spacial score (nSPS) is 20.6. The fraction of sp³-hybridized carbons (Fsp3) is 0.600. The minimum absolute atomic E-state index is 0.00494. The summed E-state index contributed by atoms with van der Waals surface area (Å²) in [6.07, 6.45) is 5.26. The van der Waals surface area contributed by atoms with Crippen LogP contribution >= 0.6 is 0 Å². The molecule has 0 radical (unpaired) electrons. The second kappa shape index (κ2) is 7.38. The first kappa shape index (κ1) is 18.1. The Labute approximate surface area is 160 Å². The van der Waals surface area contributed by atoms with Crippen LogP contribution in [0.5, 0.6) is 0 Å². The standard InChI is InChI=1S/C20H28N6O/c1-13-9-14(2)26(24-13)15(3)10-19(27)25-8-4-5-18(25)20-22-12-16-11-21-7-6-17(16)23-20/h9,12,15,18,21H,4-8,10-11H2,1-3H3/t15-,18+/m0/s1. The molecule has 2 aliphatic rings. The van der Waals surface area contributed by atoms with Crippen LogP contribution in [-0.2, 0) is 17.8 Å². The lowest BCUT2D eigenvalue weighted by Crippen LogP contribution is -2.33. The van der Waals surface area contributed by atoms with Crippen LogP contribution in [0.1, 0.15) is 66.7 Å². The Kier molecular flexibility index (Phi) is 4.95. The second-order valence-corrected chi connectivity index (χ2v) is 7.80. The molecule has 2 atom stereocenters. The van der Waals surface area contributed by atoms with Gasteiger partial charge in [0.1, 0.15) is 0 Å². The van der Waals surface area contributed by atoms with E-state index in [2.05, 4.69) is 28.4 Å². The predicted octanol–water partition coefficient (Wildman–Crippen LogP) is 2.25. The Bertz CT molecular complexity index is 845. The van der Waals surface area contributed by atoms with E-state index >= 15 is 0 Å². The van der Waals surface area contributed by atoms with E-state index in [1.54, 1.807) is 0 Å². The van der Waals surface area contributed by atoms with Crippen molar-refractivity contribution in [3.63, 3.8) is 0 Å². The number of hydrogen-bond acceptors (Lipinski definition) is 5. The molecule has 0 aliphatic carbocycles. The first-order chi connectivity index (χ1) is 13.0. The lowest BCUT2D eigenvalue weighted by atomic mass is 10.1. The molecular formula is C20H28N6O. The molecule has 1 saturated heterocycles. The van der Waals surface area contributed by atoms with Crippen LogP contribution in [-0.4, -0.2) is 43.6 Å². The average Bonchev–Trinajstić information content (AvgIpc) is 3.27. The summed E-state index contributed by atoms with van der Waals surface area (Å²) in [5, 5.41) is 7.88. The molecule has 7 nitrogen and oxygen atoms in total. The quantitative estimate of drug-likeness (QED) is 0.896. The molecule has 2 aromatic rings. The maximum absolute atomic E-state index is 13.0. The minimum Gasteiger partial charge on any atom is -0.332 e. The Balaban J connectivity index is 1.49. The molecule has 2 aromatic heterocycles. The molecule has 144 valence electrons. The van der Waals surface area contributed by atoms with Crippen LogP contribution in [0.2, 0.25) is 0 Å². The summed E-state index contributed by atoms with van der Waals surface area (Å²) in [5.74, 6) is 0.973. The average molecular weight is 368 g/mol. The van der Waals surface area contributed by atoms with Gasteiger partial charge in [0.25, 0.3) is 0 Å². The number of likely N-dealkylation sites (tertiary alicyclic amines) is 1. The van der Waals surface area contributed by atoms with Crippen LogP contribution in [0.4, 0.5) is 0 Å². The number of hydrogen-bond donors (Lipinski definition) is 1. The van der Waals surface area contributed by atoms with Gasteiger partial charge in [-0.25, -0.2) is 9.97 Å². The first-order valence-electron chi connectivity index (χ1n) is 9.90. The zero-order chi connectivity index (χ0) is 19.0. The molecule has 0 unspecified atom stereocenters. The van der Waals surface area contributed by atoms with Crippen LogP contribution in [0.3, 0.4) is 0 Å². The third-order valence-corrected chi connectivity index (χ3v) is 5.63. The van der Waals surface area contributed by atoms with Gasteiger partial charge in [-0.3, -0.25) is 9.48 Å². The number of rotatable bonds is 4. The van der Waals surface area contributed by atoms with Crippen LogP contribution in [0.25, 0.3) is 0 Å². The number of fused-ring (bicyclic) bond motifs is 1. The van der Waals surface area contributed by atoms with Crippen molar-refractivity contribution in [2.45, 2.75) is 65.1 Å². The third kappa shape index (κ3) is 3.60. The third-order valence-electron chi connectivity index (χ3n) is 5.63. The van der Waals surface area contributed by atoms with Gasteiger partial charge in [0.15, 0.2) is 5.82 Å². The van der Waals surface area contributed by atoms with E-state index in [4.69, 9.17) is 4.98 Å². The second-order valence-electron chi connectivity index (χ2n) is 7.80. The highest BCUT2D eigenvalue weighted by molar-refractivity contribution is 5.77. The molecule has 1 N–H and O–H groups in total. The van der Waals surface area contributed by atoms with Crippen molar-refractivity contribution in [1.82, 2.24) is 30.0 Å².